The predicted octanol–water partition coefficient (Wildman–Crippen LogP) is 5.18. The third kappa shape index (κ3) is 7.90. The van der Waals surface area contributed by atoms with Gasteiger partial charge in [-0.1, -0.05) is 79.9 Å². The Morgan fingerprint density at radius 3 is 2.03 bits per heavy atom. The summed E-state index contributed by atoms with van der Waals surface area (Å²) in [6, 6.07) is 18.1. The van der Waals surface area contributed by atoms with Gasteiger partial charge in [-0.2, -0.15) is 0 Å². The number of amides is 1. The Kier molecular flexibility index (Phi) is 9.95. The summed E-state index contributed by atoms with van der Waals surface area (Å²) in [5.74, 6) is -1.27. The molecule has 0 aliphatic carbocycles. The van der Waals surface area contributed by atoms with E-state index < -0.39 is 18.1 Å². The van der Waals surface area contributed by atoms with Gasteiger partial charge in [0.1, 0.15) is 19.3 Å². The molecular weight excluding hydrogens is 434 g/mol. The first-order valence-electron chi connectivity index (χ1n) is 11.9. The van der Waals surface area contributed by atoms with E-state index in [0.717, 1.165) is 43.2 Å². The minimum atomic E-state index is -0.986. The summed E-state index contributed by atoms with van der Waals surface area (Å²) in [5.41, 5.74) is 1.83. The third-order valence-electron chi connectivity index (χ3n) is 6.16. The quantitative estimate of drug-likeness (QED) is 0.341. The Morgan fingerprint density at radius 2 is 1.41 bits per heavy atom. The first kappa shape index (κ1) is 25.3. The van der Waals surface area contributed by atoms with Crippen molar-refractivity contribution < 1.29 is 29.0 Å². The summed E-state index contributed by atoms with van der Waals surface area (Å²) in [6.45, 7) is 0.811. The van der Waals surface area contributed by atoms with Crippen LogP contribution in [-0.4, -0.2) is 40.6 Å². The molecule has 1 aliphatic rings. The number of rotatable bonds is 12. The number of aliphatic carboxylic acids is 1. The fraction of sp³-hybridized carbons (Fsp3) is 0.444. The van der Waals surface area contributed by atoms with Crippen LogP contribution in [0.25, 0.3) is 0 Å². The molecule has 1 amide bonds. The molecule has 0 spiro atoms. The molecule has 1 aliphatic heterocycles. The van der Waals surface area contributed by atoms with Gasteiger partial charge in [-0.3, -0.25) is 9.69 Å². The molecule has 2 aromatic rings. The highest BCUT2D eigenvalue weighted by Gasteiger charge is 2.42. The molecule has 1 fully saturated rings. The maximum Gasteiger partial charge on any atom is 0.410 e. The van der Waals surface area contributed by atoms with Crippen LogP contribution in [0.1, 0.15) is 56.1 Å². The highest BCUT2D eigenvalue weighted by Crippen LogP contribution is 2.30. The zero-order valence-electron chi connectivity index (χ0n) is 19.4. The Hall–Kier alpha value is -3.35. The Labute approximate surface area is 200 Å². The number of hydrogen-bond acceptors (Lipinski definition) is 5. The maximum atomic E-state index is 12.5. The third-order valence-corrected chi connectivity index (χ3v) is 6.16. The molecule has 7 nitrogen and oxygen atoms in total. The average Bonchev–Trinajstić information content (AvgIpc) is 3.29. The van der Waals surface area contributed by atoms with Crippen LogP contribution < -0.4 is 0 Å². The molecule has 0 saturated carbocycles. The summed E-state index contributed by atoms with van der Waals surface area (Å²) < 4.78 is 10.6. The molecular formula is C27H33NO6. The number of carbonyl (C=O) groups is 3. The lowest BCUT2D eigenvalue weighted by Crippen LogP contribution is -2.43. The molecule has 34 heavy (non-hydrogen) atoms. The van der Waals surface area contributed by atoms with Crippen LogP contribution in [0.4, 0.5) is 4.79 Å². The Balaban J connectivity index is 1.32. The van der Waals surface area contributed by atoms with Gasteiger partial charge in [0, 0.05) is 13.0 Å². The second-order valence-corrected chi connectivity index (χ2v) is 8.66. The van der Waals surface area contributed by atoms with Crippen molar-refractivity contribution in [3.8, 4) is 0 Å². The van der Waals surface area contributed by atoms with Gasteiger partial charge >= 0.3 is 18.0 Å². The van der Waals surface area contributed by atoms with E-state index in [1.165, 1.54) is 4.90 Å². The molecule has 182 valence electrons. The topological polar surface area (TPSA) is 93.1 Å². The lowest BCUT2D eigenvalue weighted by atomic mass is 9.93. The number of benzene rings is 2. The lowest BCUT2D eigenvalue weighted by Gasteiger charge is -2.24. The molecule has 2 atom stereocenters. The van der Waals surface area contributed by atoms with Crippen LogP contribution in [0.3, 0.4) is 0 Å². The van der Waals surface area contributed by atoms with E-state index in [9.17, 15) is 19.5 Å². The SMILES string of the molecule is O=C(CCCCCCC1CCN(C(=O)OCc2ccccc2)C1C(=O)O)OCc1ccccc1. The average molecular weight is 468 g/mol. The summed E-state index contributed by atoms with van der Waals surface area (Å²) in [4.78, 5) is 37.6. The number of hydrogen-bond donors (Lipinski definition) is 1. The Bertz CT molecular complexity index is 917. The molecule has 2 aromatic carbocycles. The van der Waals surface area contributed by atoms with E-state index >= 15 is 0 Å². The van der Waals surface area contributed by atoms with Gasteiger partial charge in [-0.15, -0.1) is 0 Å². The first-order valence-corrected chi connectivity index (χ1v) is 11.9. The number of unbranched alkanes of at least 4 members (excludes halogenated alkanes) is 3. The Morgan fingerprint density at radius 1 is 0.824 bits per heavy atom. The number of carboxylic acids is 1. The molecule has 1 saturated heterocycles. The minimum Gasteiger partial charge on any atom is -0.480 e. The van der Waals surface area contributed by atoms with Gasteiger partial charge in [0.05, 0.1) is 0 Å². The first-order chi connectivity index (χ1) is 16.5. The van der Waals surface area contributed by atoms with Crippen LogP contribution in [0.15, 0.2) is 60.7 Å². The normalized spacial score (nSPS) is 17.4. The molecule has 7 heteroatoms. The van der Waals surface area contributed by atoms with Gasteiger partial charge in [-0.05, 0) is 36.3 Å². The standard InChI is InChI=1S/C27H33NO6/c29-24(33-19-21-11-5-3-6-12-21)16-10-2-1-9-15-23-17-18-28(25(23)26(30)31)27(32)34-20-22-13-7-4-8-14-22/h3-8,11-14,23,25H,1-2,9-10,15-20H2,(H,30,31). The number of carboxylic acid groups (broad SMARTS) is 1. The number of carbonyl (C=O) groups excluding carboxylic acids is 2. The van der Waals surface area contributed by atoms with E-state index in [-0.39, 0.29) is 18.5 Å². The van der Waals surface area contributed by atoms with Gasteiger partial charge in [0.2, 0.25) is 0 Å². The van der Waals surface area contributed by atoms with Crippen molar-refractivity contribution in [3.63, 3.8) is 0 Å². The number of nitrogens with zero attached hydrogens (tertiary/aromatic N) is 1. The van der Waals surface area contributed by atoms with E-state index in [1.54, 1.807) is 0 Å². The van der Waals surface area contributed by atoms with Gasteiger partial charge in [-0.25, -0.2) is 9.59 Å². The molecule has 3 rings (SSSR count). The summed E-state index contributed by atoms with van der Waals surface area (Å²) in [5, 5.41) is 9.72. The van der Waals surface area contributed by atoms with Gasteiger partial charge < -0.3 is 14.6 Å². The molecule has 0 radical (unpaired) electrons. The molecule has 1 heterocycles. The summed E-state index contributed by atoms with van der Waals surface area (Å²) in [7, 11) is 0. The molecule has 0 bridgehead atoms. The van der Waals surface area contributed by atoms with Gasteiger partial charge in [0.25, 0.3) is 0 Å². The second kappa shape index (κ2) is 13.4. The molecule has 1 N–H and O–H groups in total. The highest BCUT2D eigenvalue weighted by atomic mass is 16.6. The summed E-state index contributed by atoms with van der Waals surface area (Å²) in [6.07, 6.45) is 4.60. The van der Waals surface area contributed by atoms with E-state index in [2.05, 4.69) is 0 Å². The van der Waals surface area contributed by atoms with Crippen molar-refractivity contribution in [2.75, 3.05) is 6.54 Å². The monoisotopic (exact) mass is 467 g/mol. The molecule has 2 unspecified atom stereocenters. The van der Waals surface area contributed by atoms with Crippen molar-refractivity contribution in [3.05, 3.63) is 71.8 Å². The highest BCUT2D eigenvalue weighted by molar-refractivity contribution is 5.81. The van der Waals surface area contributed by atoms with E-state index in [1.807, 2.05) is 60.7 Å². The zero-order chi connectivity index (χ0) is 24.2. The number of likely N-dealkylation sites (tertiary alicyclic amines) is 1. The lowest BCUT2D eigenvalue weighted by molar-refractivity contribution is -0.145. The number of ether oxygens (including phenoxy) is 2. The fourth-order valence-electron chi connectivity index (χ4n) is 4.34. The smallest absolute Gasteiger partial charge is 0.410 e. The van der Waals surface area contributed by atoms with Crippen molar-refractivity contribution in [1.82, 2.24) is 4.90 Å². The fourth-order valence-corrected chi connectivity index (χ4v) is 4.34. The second-order valence-electron chi connectivity index (χ2n) is 8.66. The maximum absolute atomic E-state index is 12.5. The van der Waals surface area contributed by atoms with Crippen molar-refractivity contribution >= 4 is 18.0 Å². The largest absolute Gasteiger partial charge is 0.480 e. The van der Waals surface area contributed by atoms with Crippen LogP contribution in [-0.2, 0) is 32.3 Å². The van der Waals surface area contributed by atoms with Crippen LogP contribution in [0.2, 0.25) is 0 Å². The number of esters is 1. The predicted molar refractivity (Wildman–Crippen MR) is 127 cm³/mol. The van der Waals surface area contributed by atoms with Crippen molar-refractivity contribution in [1.29, 1.82) is 0 Å². The van der Waals surface area contributed by atoms with E-state index in [4.69, 9.17) is 9.47 Å². The van der Waals surface area contributed by atoms with Gasteiger partial charge in [0.15, 0.2) is 0 Å². The summed E-state index contributed by atoms with van der Waals surface area (Å²) >= 11 is 0. The van der Waals surface area contributed by atoms with Crippen molar-refractivity contribution in [2.45, 2.75) is 64.2 Å². The van der Waals surface area contributed by atoms with Crippen LogP contribution >= 0.6 is 0 Å². The van der Waals surface area contributed by atoms with E-state index in [0.29, 0.717) is 26.0 Å². The molecule has 0 aromatic heterocycles. The van der Waals surface area contributed by atoms with Crippen LogP contribution in [0.5, 0.6) is 0 Å². The minimum absolute atomic E-state index is 0.0855. The zero-order valence-corrected chi connectivity index (χ0v) is 19.4. The van der Waals surface area contributed by atoms with Crippen LogP contribution in [0, 0.1) is 5.92 Å². The van der Waals surface area contributed by atoms with Crippen molar-refractivity contribution in [2.24, 2.45) is 5.92 Å².